The van der Waals surface area contributed by atoms with Crippen LogP contribution in [0.4, 0.5) is 0 Å². The van der Waals surface area contributed by atoms with E-state index in [0.717, 1.165) is 95.2 Å². The number of ether oxygens (including phenoxy) is 6. The van der Waals surface area contributed by atoms with Crippen LogP contribution in [0, 0.1) is 12.8 Å². The maximum atomic E-state index is 16.4. The zero-order chi connectivity index (χ0) is 88.5. The number of aromatic nitrogens is 3. The molecule has 123 heavy (non-hydrogen) atoms. The van der Waals surface area contributed by atoms with Crippen LogP contribution >= 0.6 is 46.6 Å². The number of aliphatic carboxylic acids is 1. The van der Waals surface area contributed by atoms with Crippen LogP contribution < -0.4 is 62.5 Å². The number of aliphatic hydroxyl groups is 5. The van der Waals surface area contributed by atoms with Gasteiger partial charge in [-0.1, -0.05) is 115 Å². The number of rotatable bonds is 19. The molecular formula is C83H87Cl3N12O24S. The van der Waals surface area contributed by atoms with Crippen molar-refractivity contribution in [3.63, 3.8) is 0 Å². The van der Waals surface area contributed by atoms with Crippen molar-refractivity contribution in [2.75, 3.05) is 12.8 Å². The molecule has 7 amide bonds. The van der Waals surface area contributed by atoms with Gasteiger partial charge in [-0.2, -0.15) is 4.98 Å². The molecule has 15 rings (SSSR count). The van der Waals surface area contributed by atoms with E-state index in [-0.39, 0.29) is 69.4 Å². The minimum absolute atomic E-state index is 0.0714. The number of phenolic OH excluding ortho intramolecular Hbond substituents is 3. The lowest BCUT2D eigenvalue weighted by Gasteiger charge is -2.48. The maximum absolute atomic E-state index is 16.4. The Hall–Kier alpha value is -11.3. The van der Waals surface area contributed by atoms with Crippen LogP contribution in [0.5, 0.6) is 51.9 Å². The van der Waals surface area contributed by atoms with Crippen molar-refractivity contribution in [2.24, 2.45) is 11.7 Å². The number of amides is 7. The SMILES string of the molecule is CN[C@H](CC(C)C)C(=O)N[C@H]1C(=O)N[C@@H](CC(N)=O)C(=O)NC2C(=O)NC3C(=O)N[C@H](C(=O)N[C@@H](C(=O)O)c4cc(O)cc(O)c4-c4cc3ccc4O)[C@H](O)c3ccc(c(Cl)c3)Oc3cc2cc(c3OC2OC(CSc3nnc(C)c(O)n3)C(O)C(O)C2OC2CC(C)(NCc3ccc(-c4ccc(Cl)cc4)cc3)C(O)C(C)O2)Oc2ccc(cc2Cl)[C@H]1O. The molecule has 11 unspecified atom stereocenters. The van der Waals surface area contributed by atoms with E-state index in [1.807, 2.05) is 50.2 Å². The molecule has 650 valence electrons. The minimum Gasteiger partial charge on any atom is -0.508 e. The van der Waals surface area contributed by atoms with E-state index in [4.69, 9.17) is 69.0 Å². The van der Waals surface area contributed by atoms with Gasteiger partial charge in [0, 0.05) is 52.0 Å². The largest absolute Gasteiger partial charge is 0.508 e. The second-order valence-electron chi connectivity index (χ2n) is 30.8. The summed E-state index contributed by atoms with van der Waals surface area (Å²) in [6, 6.07) is 14.2. The predicted molar refractivity (Wildman–Crippen MR) is 439 cm³/mol. The van der Waals surface area contributed by atoms with E-state index in [9.17, 15) is 65.4 Å². The first-order valence-electron chi connectivity index (χ1n) is 38.6. The molecule has 0 radical (unpaired) electrons. The molecule has 2 fully saturated rings. The van der Waals surface area contributed by atoms with E-state index < -0.39 is 236 Å². The van der Waals surface area contributed by atoms with Crippen LogP contribution in [0.3, 0.4) is 0 Å². The number of fused-ring (bicyclic) bond motifs is 15. The fourth-order valence-corrected chi connectivity index (χ4v) is 16.4. The van der Waals surface area contributed by atoms with Gasteiger partial charge in [0.1, 0.15) is 89.1 Å². The molecule has 7 aromatic carbocycles. The van der Waals surface area contributed by atoms with Gasteiger partial charge < -0.3 is 128 Å². The van der Waals surface area contributed by atoms with Gasteiger partial charge >= 0.3 is 5.97 Å². The Balaban J connectivity index is 1.00. The molecule has 8 heterocycles. The summed E-state index contributed by atoms with van der Waals surface area (Å²) in [5.41, 5.74) is 4.33. The first-order chi connectivity index (χ1) is 58.4. The molecule has 36 nitrogen and oxygen atoms in total. The van der Waals surface area contributed by atoms with Crippen LogP contribution in [0.15, 0.2) is 133 Å². The summed E-state index contributed by atoms with van der Waals surface area (Å²) >= 11 is 21.4. The van der Waals surface area contributed by atoms with Crippen molar-refractivity contribution in [3.8, 4) is 74.1 Å². The number of aryl methyl sites for hydroxylation is 1. The molecule has 40 heteroatoms. The number of hydrogen-bond acceptors (Lipinski definition) is 29. The lowest BCUT2D eigenvalue weighted by atomic mass is 9.84. The van der Waals surface area contributed by atoms with Gasteiger partial charge in [-0.15, -0.1) is 10.2 Å². The number of carboxylic acid groups (broad SMARTS) is 1. The van der Waals surface area contributed by atoms with Crippen molar-refractivity contribution < 1.29 is 118 Å². The van der Waals surface area contributed by atoms with Crippen LogP contribution in [0.2, 0.25) is 15.1 Å². The molecule has 20 N–H and O–H groups in total. The summed E-state index contributed by atoms with van der Waals surface area (Å²) in [7, 11) is 1.48. The second-order valence-corrected chi connectivity index (χ2v) is 33.1. The number of carboxylic acids is 1. The second kappa shape index (κ2) is 37.4. The van der Waals surface area contributed by atoms with Gasteiger partial charge in [0.2, 0.25) is 64.4 Å². The number of aromatic hydroxyl groups is 4. The molecule has 8 aromatic rings. The van der Waals surface area contributed by atoms with Gasteiger partial charge in [0.25, 0.3) is 0 Å². The fourth-order valence-electron chi connectivity index (χ4n) is 15.0. The number of thioether (sulfide) groups is 1. The normalized spacial score (nSPS) is 26.2. The van der Waals surface area contributed by atoms with Gasteiger partial charge in [0.15, 0.2) is 29.9 Å². The van der Waals surface area contributed by atoms with Crippen LogP contribution in [-0.4, -0.2) is 205 Å². The summed E-state index contributed by atoms with van der Waals surface area (Å²) in [5.74, 6) is -17.0. The summed E-state index contributed by atoms with van der Waals surface area (Å²) < 4.78 is 40.5. The number of likely N-dealkylation sites (N-methyl/N-ethyl adjacent to an activating group) is 1. The van der Waals surface area contributed by atoms with Gasteiger partial charge in [-0.3, -0.25) is 33.6 Å². The average molecular weight is 1780 g/mol. The number of primary amides is 1. The maximum Gasteiger partial charge on any atom is 0.330 e. The minimum atomic E-state index is -2.39. The van der Waals surface area contributed by atoms with Crippen LogP contribution in [-0.2, 0) is 59.1 Å². The first-order valence-corrected chi connectivity index (χ1v) is 40.7. The zero-order valence-corrected chi connectivity index (χ0v) is 69.3. The number of nitrogens with two attached hydrogens (primary N) is 1. The number of benzene rings is 7. The number of nitrogens with one attached hydrogen (secondary N) is 8. The Kier molecular flexibility index (Phi) is 27.2. The third-order valence-electron chi connectivity index (χ3n) is 21.6. The van der Waals surface area contributed by atoms with Gasteiger partial charge in [-0.05, 0) is 146 Å². The van der Waals surface area contributed by atoms with Crippen LogP contribution in [0.1, 0.15) is 116 Å². The average Bonchev–Trinajstić information content (AvgIpc) is 0.765. The first kappa shape index (κ1) is 89.5. The third-order valence-corrected chi connectivity index (χ3v) is 23.3. The number of nitrogens with zero attached hydrogens (tertiary/aromatic N) is 3. The van der Waals surface area contributed by atoms with E-state index in [2.05, 4.69) is 57.7 Å². The summed E-state index contributed by atoms with van der Waals surface area (Å²) in [6.45, 7) is 8.57. The van der Waals surface area contributed by atoms with Crippen molar-refractivity contribution in [1.82, 2.24) is 57.7 Å². The summed E-state index contributed by atoms with van der Waals surface area (Å²) in [5, 5.41) is 146. The van der Waals surface area contributed by atoms with Gasteiger partial charge in [0.05, 0.1) is 40.8 Å². The van der Waals surface area contributed by atoms with Crippen molar-refractivity contribution >= 4 is 93.9 Å². The molecule has 11 bridgehead atoms. The Morgan fingerprint density at radius 3 is 1.92 bits per heavy atom. The number of halogens is 3. The number of carbonyl (C=O) groups is 8. The van der Waals surface area contributed by atoms with E-state index in [0.29, 0.717) is 5.02 Å². The van der Waals surface area contributed by atoms with E-state index in [1.54, 1.807) is 26.0 Å². The van der Waals surface area contributed by atoms with Crippen molar-refractivity contribution in [2.45, 2.75) is 175 Å². The zero-order valence-electron chi connectivity index (χ0n) is 66.2. The highest BCUT2D eigenvalue weighted by atomic mass is 35.5. The summed E-state index contributed by atoms with van der Waals surface area (Å²) in [4.78, 5) is 123. The highest BCUT2D eigenvalue weighted by Crippen LogP contribution is 2.50. The smallest absolute Gasteiger partial charge is 0.330 e. The monoisotopic (exact) mass is 1770 g/mol. The number of hydrogen-bond donors (Lipinski definition) is 19. The Morgan fingerprint density at radius 1 is 0.683 bits per heavy atom. The number of phenols is 3. The van der Waals surface area contributed by atoms with Crippen molar-refractivity contribution in [1.29, 1.82) is 0 Å². The molecule has 18 atom stereocenters. The quantitative estimate of drug-likeness (QED) is 0.0459. The molecular weight excluding hydrogens is 1690 g/mol. The molecule has 0 saturated carbocycles. The third kappa shape index (κ3) is 19.9. The van der Waals surface area contributed by atoms with Gasteiger partial charge in [-0.25, -0.2) is 4.79 Å². The standard InChI is InChI=1S/C83H87Cl3N12O24S/c1-33(2)21-49(88-6)74(109)94-64-66(103)40-14-19-53(47(85)23-40)118-55-25-42-26-56(70(55)122-81-71(69(106)68(105)57(120-81)32-123-82-96-73(108)34(3)97-98-82)121-59-30-83(5,72(107)35(4)117-59)89-31-36-7-9-37(10-8-36)38-11-16-43(84)17-12-38)119-54-20-15-41(24-48(54)86)67(104)65-79(114)93-63(80(115)116)46-27-44(99)28-52(101)60(46)45-22-39(13-18-51(45)100)61(76(111)95-65)92-77(112)62(42)91-75(110)50(29-58(87)102)90-78(64)113/h7-20,22-28,33,35,49-50,57,59,61-69,71-72,81,88-89,99-101,103-107H,21,29-32H2,1-6H3,(H2,87,102)(H,90,113)(H,91,110)(H,92,112)(H,93,114)(H,94,109)(H,95,111)(H,115,116)(H,96,98,108)/t35?,49-,50+,57?,59?,61?,62?,63-,64-,65+,66-,67-,68?,69?,71?,72?,81?,83?/m1/s1. The fraction of sp³-hybridized carbons (Fsp3) is 0.361. The van der Waals surface area contributed by atoms with E-state index in [1.165, 1.54) is 26.1 Å². The molecule has 0 spiro atoms. The van der Waals surface area contributed by atoms with Crippen LogP contribution in [0.25, 0.3) is 22.3 Å². The molecule has 7 aliphatic heterocycles. The number of carbonyl (C=O) groups excluding carboxylic acids is 7. The highest BCUT2D eigenvalue weighted by Gasteiger charge is 2.53. The molecule has 7 aliphatic rings. The molecule has 0 aliphatic carbocycles. The number of aliphatic hydroxyl groups excluding tert-OH is 5. The Bertz CT molecular complexity index is 5400. The van der Waals surface area contributed by atoms with Crippen molar-refractivity contribution in [3.05, 3.63) is 182 Å². The summed E-state index contributed by atoms with van der Waals surface area (Å²) in [6.07, 6.45) is -18.7. The molecule has 2 saturated heterocycles. The lowest BCUT2D eigenvalue weighted by molar-refractivity contribution is -0.330. The highest BCUT2D eigenvalue weighted by molar-refractivity contribution is 7.99. The Morgan fingerprint density at radius 2 is 1.30 bits per heavy atom. The molecule has 1 aromatic heterocycles. The Labute approximate surface area is 720 Å². The van der Waals surface area contributed by atoms with E-state index >= 15 is 24.0 Å². The predicted octanol–water partition coefficient (Wildman–Crippen LogP) is 5.26. The topological polar surface area (TPSA) is 555 Å². The lowest BCUT2D eigenvalue weighted by Crippen LogP contribution is -2.65.